The van der Waals surface area contributed by atoms with Gasteiger partial charge in [-0.1, -0.05) is 17.7 Å². The summed E-state index contributed by atoms with van der Waals surface area (Å²) in [7, 11) is 1.71. The molecule has 0 bridgehead atoms. The van der Waals surface area contributed by atoms with E-state index in [2.05, 4.69) is 24.0 Å². The van der Waals surface area contributed by atoms with Crippen molar-refractivity contribution in [1.82, 2.24) is 4.90 Å². The molecule has 4 rings (SSSR count). The van der Waals surface area contributed by atoms with Gasteiger partial charge >= 0.3 is 0 Å². The first-order valence-electron chi connectivity index (χ1n) is 9.94. The number of carbonyl (C=O) groups is 1. The summed E-state index contributed by atoms with van der Waals surface area (Å²) in [5.41, 5.74) is 3.17. The number of ether oxygens (including phenoxy) is 3. The molecule has 0 saturated carbocycles. The van der Waals surface area contributed by atoms with Crippen molar-refractivity contribution in [3.63, 3.8) is 0 Å². The second-order valence-electron chi connectivity index (χ2n) is 7.59. The number of hydrogen-bond acceptors (Lipinski definition) is 5. The van der Waals surface area contributed by atoms with Crippen molar-refractivity contribution in [2.75, 3.05) is 33.4 Å². The number of hydrogen-bond donors (Lipinski definition) is 0. The molecule has 0 aliphatic carbocycles. The van der Waals surface area contributed by atoms with Crippen molar-refractivity contribution in [2.45, 2.75) is 26.3 Å². The van der Waals surface area contributed by atoms with Crippen LogP contribution in [0, 0.1) is 12.8 Å². The van der Waals surface area contributed by atoms with Crippen LogP contribution in [-0.4, -0.2) is 44.1 Å². The number of piperidine rings is 1. The molecule has 5 heteroatoms. The fourth-order valence-corrected chi connectivity index (χ4v) is 4.06. The molecule has 0 aromatic heterocycles. The number of Topliss-reactive ketones (excluding diaryl/α,β-unsaturated/α-hetero) is 1. The van der Waals surface area contributed by atoms with Gasteiger partial charge in [0.2, 0.25) is 0 Å². The fraction of sp³-hybridized carbons (Fsp3) is 0.435. The smallest absolute Gasteiger partial charge is 0.166 e. The molecule has 148 valence electrons. The number of rotatable bonds is 5. The van der Waals surface area contributed by atoms with Crippen LogP contribution in [0.25, 0.3) is 0 Å². The number of carbonyl (C=O) groups excluding carboxylic acids is 1. The number of fused-ring (bicyclic) bond motifs is 1. The first-order chi connectivity index (χ1) is 13.6. The maximum absolute atomic E-state index is 13.0. The Kier molecular flexibility index (Phi) is 5.53. The van der Waals surface area contributed by atoms with E-state index in [9.17, 15) is 4.79 Å². The second-order valence-corrected chi connectivity index (χ2v) is 7.59. The lowest BCUT2D eigenvalue weighted by atomic mass is 9.88. The summed E-state index contributed by atoms with van der Waals surface area (Å²) in [6.07, 6.45) is 1.75. The third-order valence-electron chi connectivity index (χ3n) is 5.61. The van der Waals surface area contributed by atoms with Gasteiger partial charge in [0, 0.05) is 23.6 Å². The van der Waals surface area contributed by atoms with Crippen LogP contribution in [0.5, 0.6) is 17.2 Å². The van der Waals surface area contributed by atoms with Gasteiger partial charge < -0.3 is 14.2 Å². The number of aryl methyl sites for hydroxylation is 1. The molecule has 2 aliphatic heterocycles. The molecule has 2 heterocycles. The number of benzene rings is 2. The summed E-state index contributed by atoms with van der Waals surface area (Å²) in [6.45, 7) is 5.88. The molecule has 0 N–H and O–H groups in total. The van der Waals surface area contributed by atoms with Crippen molar-refractivity contribution in [1.29, 1.82) is 0 Å². The van der Waals surface area contributed by atoms with E-state index >= 15 is 0 Å². The van der Waals surface area contributed by atoms with Gasteiger partial charge in [-0.2, -0.15) is 0 Å². The Bertz CT molecular complexity index is 856. The maximum atomic E-state index is 13.0. The summed E-state index contributed by atoms with van der Waals surface area (Å²) < 4.78 is 16.7. The van der Waals surface area contributed by atoms with Crippen molar-refractivity contribution in [2.24, 2.45) is 5.92 Å². The van der Waals surface area contributed by atoms with Gasteiger partial charge in [-0.15, -0.1) is 0 Å². The zero-order chi connectivity index (χ0) is 19.5. The molecule has 5 nitrogen and oxygen atoms in total. The average molecular weight is 381 g/mol. The standard InChI is InChI=1S/C23H27NO4/c1-16-3-5-20(26-2)19(13-16)15-24-9-7-17(8-10-24)23(25)18-4-6-21-22(14-18)28-12-11-27-21/h3-6,13-14,17H,7-12,15H2,1-2H3. The van der Waals surface area contributed by atoms with Crippen LogP contribution in [-0.2, 0) is 6.54 Å². The van der Waals surface area contributed by atoms with Crippen LogP contribution in [0.15, 0.2) is 36.4 Å². The molecule has 2 aromatic carbocycles. The molecule has 0 radical (unpaired) electrons. The minimum atomic E-state index is 0.0678. The Morgan fingerprint density at radius 1 is 1.07 bits per heavy atom. The molecular weight excluding hydrogens is 354 g/mol. The van der Waals surface area contributed by atoms with Crippen LogP contribution in [0.2, 0.25) is 0 Å². The molecule has 2 aliphatic rings. The van der Waals surface area contributed by atoms with E-state index in [1.54, 1.807) is 7.11 Å². The Morgan fingerprint density at radius 2 is 1.82 bits per heavy atom. The number of methoxy groups -OCH3 is 1. The van der Waals surface area contributed by atoms with Crippen LogP contribution in [0.1, 0.15) is 34.3 Å². The first-order valence-corrected chi connectivity index (χ1v) is 9.94. The highest BCUT2D eigenvalue weighted by Gasteiger charge is 2.27. The predicted octanol–water partition coefficient (Wildman–Crippen LogP) is 3.87. The van der Waals surface area contributed by atoms with E-state index in [0.29, 0.717) is 19.0 Å². The van der Waals surface area contributed by atoms with Crippen molar-refractivity contribution in [3.05, 3.63) is 53.1 Å². The SMILES string of the molecule is COc1ccc(C)cc1CN1CCC(C(=O)c2ccc3c(c2)OCCO3)CC1. The number of ketones is 1. The zero-order valence-electron chi connectivity index (χ0n) is 16.6. The zero-order valence-corrected chi connectivity index (χ0v) is 16.6. The Morgan fingerprint density at radius 3 is 2.57 bits per heavy atom. The highest BCUT2D eigenvalue weighted by atomic mass is 16.6. The maximum Gasteiger partial charge on any atom is 0.166 e. The van der Waals surface area contributed by atoms with Gasteiger partial charge in [-0.05, 0) is 57.1 Å². The normalized spacial score (nSPS) is 17.4. The quantitative estimate of drug-likeness (QED) is 0.736. The number of nitrogens with zero attached hydrogens (tertiary/aromatic N) is 1. The highest BCUT2D eigenvalue weighted by Crippen LogP contribution is 2.33. The number of likely N-dealkylation sites (tertiary alicyclic amines) is 1. The summed E-state index contributed by atoms with van der Waals surface area (Å²) in [4.78, 5) is 15.4. The molecule has 28 heavy (non-hydrogen) atoms. The highest BCUT2D eigenvalue weighted by molar-refractivity contribution is 5.98. The van der Waals surface area contributed by atoms with E-state index in [0.717, 1.165) is 49.5 Å². The summed E-state index contributed by atoms with van der Waals surface area (Å²) in [5, 5.41) is 0. The monoisotopic (exact) mass is 381 g/mol. The summed E-state index contributed by atoms with van der Waals surface area (Å²) >= 11 is 0. The van der Waals surface area contributed by atoms with E-state index in [1.165, 1.54) is 11.1 Å². The van der Waals surface area contributed by atoms with Gasteiger partial charge in [-0.3, -0.25) is 9.69 Å². The van der Waals surface area contributed by atoms with E-state index in [4.69, 9.17) is 14.2 Å². The van der Waals surface area contributed by atoms with Crippen LogP contribution < -0.4 is 14.2 Å². The minimum absolute atomic E-state index is 0.0678. The summed E-state index contributed by atoms with van der Waals surface area (Å²) in [6, 6.07) is 11.8. The average Bonchev–Trinajstić information content (AvgIpc) is 2.73. The van der Waals surface area contributed by atoms with Crippen molar-refractivity contribution in [3.8, 4) is 17.2 Å². The van der Waals surface area contributed by atoms with Gasteiger partial charge in [0.15, 0.2) is 17.3 Å². The largest absolute Gasteiger partial charge is 0.496 e. The Hall–Kier alpha value is -2.53. The molecule has 1 saturated heterocycles. The lowest BCUT2D eigenvalue weighted by Gasteiger charge is -2.31. The Balaban J connectivity index is 1.38. The van der Waals surface area contributed by atoms with Crippen LogP contribution >= 0.6 is 0 Å². The fourth-order valence-electron chi connectivity index (χ4n) is 4.06. The van der Waals surface area contributed by atoms with E-state index in [1.807, 2.05) is 24.3 Å². The van der Waals surface area contributed by atoms with Gasteiger partial charge in [0.05, 0.1) is 7.11 Å². The third-order valence-corrected chi connectivity index (χ3v) is 5.61. The second kappa shape index (κ2) is 8.23. The van der Waals surface area contributed by atoms with Gasteiger partial charge in [0.1, 0.15) is 19.0 Å². The van der Waals surface area contributed by atoms with Crippen LogP contribution in [0.3, 0.4) is 0 Å². The lowest BCUT2D eigenvalue weighted by molar-refractivity contribution is 0.0833. The summed E-state index contributed by atoms with van der Waals surface area (Å²) in [5.74, 6) is 2.62. The predicted molar refractivity (Wildman–Crippen MR) is 107 cm³/mol. The minimum Gasteiger partial charge on any atom is -0.496 e. The van der Waals surface area contributed by atoms with Crippen molar-refractivity contribution < 1.29 is 19.0 Å². The van der Waals surface area contributed by atoms with Gasteiger partial charge in [-0.25, -0.2) is 0 Å². The lowest BCUT2D eigenvalue weighted by Crippen LogP contribution is -2.36. The molecule has 0 unspecified atom stereocenters. The topological polar surface area (TPSA) is 48.0 Å². The third kappa shape index (κ3) is 3.99. The molecule has 0 spiro atoms. The van der Waals surface area contributed by atoms with Crippen molar-refractivity contribution >= 4 is 5.78 Å². The molecule has 0 amide bonds. The molecule has 2 aromatic rings. The van der Waals surface area contributed by atoms with E-state index in [-0.39, 0.29) is 11.7 Å². The molecular formula is C23H27NO4. The van der Waals surface area contributed by atoms with Crippen LogP contribution in [0.4, 0.5) is 0 Å². The van der Waals surface area contributed by atoms with E-state index < -0.39 is 0 Å². The Labute approximate surface area is 166 Å². The molecule has 0 atom stereocenters. The van der Waals surface area contributed by atoms with Gasteiger partial charge in [0.25, 0.3) is 0 Å². The first kappa shape index (κ1) is 18.8. The molecule has 1 fully saturated rings.